The van der Waals surface area contributed by atoms with Crippen molar-refractivity contribution in [3.05, 3.63) is 58.9 Å². The summed E-state index contributed by atoms with van der Waals surface area (Å²) in [5, 5.41) is 13.4. The van der Waals surface area contributed by atoms with Crippen LogP contribution in [-0.4, -0.2) is 46.2 Å². The first-order valence-electron chi connectivity index (χ1n) is 9.33. The molecule has 3 aromatic rings. The minimum atomic E-state index is -0.900. The molecule has 2 aliphatic rings. The van der Waals surface area contributed by atoms with E-state index in [-0.39, 0.29) is 12.4 Å². The van der Waals surface area contributed by atoms with Crippen LogP contribution in [0.1, 0.15) is 5.89 Å². The van der Waals surface area contributed by atoms with Gasteiger partial charge in [-0.15, -0.1) is 0 Å². The van der Waals surface area contributed by atoms with Gasteiger partial charge in [-0.1, -0.05) is 26.3 Å². The van der Waals surface area contributed by atoms with Crippen molar-refractivity contribution in [2.45, 2.75) is 18.6 Å². The maximum absolute atomic E-state index is 13.1. The number of imide groups is 1. The number of halogens is 1. The van der Waals surface area contributed by atoms with Crippen molar-refractivity contribution in [1.82, 2.24) is 15.1 Å². The van der Waals surface area contributed by atoms with Gasteiger partial charge in [-0.25, -0.2) is 4.90 Å². The topological polar surface area (TPSA) is 113 Å². The molecule has 2 aliphatic heterocycles. The molecule has 11 heteroatoms. The van der Waals surface area contributed by atoms with E-state index in [0.29, 0.717) is 17.3 Å². The third-order valence-electron chi connectivity index (χ3n) is 5.06. The van der Waals surface area contributed by atoms with E-state index >= 15 is 0 Å². The summed E-state index contributed by atoms with van der Waals surface area (Å²) in [5.41, 5.74) is 1.24. The molecule has 1 saturated heterocycles. The molecule has 0 spiro atoms. The summed E-state index contributed by atoms with van der Waals surface area (Å²) in [6.07, 6.45) is 0. The Bertz CT molecular complexity index is 1180. The Hall–Kier alpha value is -3.60. The van der Waals surface area contributed by atoms with E-state index in [0.717, 1.165) is 14.9 Å². The molecule has 5 rings (SSSR count). The molecule has 0 aliphatic carbocycles. The molecule has 2 aromatic carbocycles. The standard InChI is InChI=1S/C20H15BrN6O4/c1-30-14-8-6-13(7-9-14)27-19(28)16-17(20(27)29)26(25-23-16)10-15-22-18(24-31-15)11-2-4-12(21)5-3-11/h2-9,16-17H,10H2,1H3/t16-,17+/m0/s1. The number of nitrogens with zero attached hydrogens (tertiary/aromatic N) is 6. The molecule has 31 heavy (non-hydrogen) atoms. The number of amides is 2. The Labute approximate surface area is 184 Å². The molecule has 2 atom stereocenters. The zero-order valence-electron chi connectivity index (χ0n) is 16.2. The van der Waals surface area contributed by atoms with Crippen LogP contribution in [0.25, 0.3) is 11.4 Å². The van der Waals surface area contributed by atoms with E-state index in [9.17, 15) is 9.59 Å². The quantitative estimate of drug-likeness (QED) is 0.513. The molecule has 1 fully saturated rings. The Morgan fingerprint density at radius 3 is 2.52 bits per heavy atom. The van der Waals surface area contributed by atoms with Gasteiger partial charge in [-0.05, 0) is 48.5 Å². The third kappa shape index (κ3) is 3.36. The summed E-state index contributed by atoms with van der Waals surface area (Å²) in [6.45, 7) is 0.0592. The average molecular weight is 483 g/mol. The molecule has 0 saturated carbocycles. The smallest absolute Gasteiger partial charge is 0.263 e. The maximum Gasteiger partial charge on any atom is 0.263 e. The van der Waals surface area contributed by atoms with Crippen molar-refractivity contribution >= 4 is 33.4 Å². The Morgan fingerprint density at radius 1 is 1.06 bits per heavy atom. The SMILES string of the molecule is COc1ccc(N2C(=O)[C@H]3N=NN(Cc4nc(-c5ccc(Br)cc5)no4)[C@H]3C2=O)cc1. The number of carbonyl (C=O) groups is 2. The molecule has 10 nitrogen and oxygen atoms in total. The fraction of sp³-hybridized carbons (Fsp3) is 0.200. The first-order chi connectivity index (χ1) is 15.0. The summed E-state index contributed by atoms with van der Waals surface area (Å²) in [5.74, 6) is 0.483. The summed E-state index contributed by atoms with van der Waals surface area (Å²) in [6, 6.07) is 12.4. The predicted molar refractivity (Wildman–Crippen MR) is 111 cm³/mol. The molecule has 0 N–H and O–H groups in total. The molecule has 3 heterocycles. The number of carbonyl (C=O) groups excluding carboxylic acids is 2. The van der Waals surface area contributed by atoms with Crippen LogP contribution < -0.4 is 9.64 Å². The molecule has 0 radical (unpaired) electrons. The number of benzene rings is 2. The van der Waals surface area contributed by atoms with Crippen LogP contribution in [-0.2, 0) is 16.1 Å². The van der Waals surface area contributed by atoms with Crippen LogP contribution in [0.4, 0.5) is 5.69 Å². The average Bonchev–Trinajstić information content (AvgIpc) is 3.47. The molecule has 0 bridgehead atoms. The van der Waals surface area contributed by atoms with Crippen molar-refractivity contribution in [3.63, 3.8) is 0 Å². The Morgan fingerprint density at radius 2 is 1.81 bits per heavy atom. The highest BCUT2D eigenvalue weighted by molar-refractivity contribution is 9.10. The second kappa shape index (κ2) is 7.58. The zero-order chi connectivity index (χ0) is 21.5. The Kier molecular flexibility index (Phi) is 4.74. The van der Waals surface area contributed by atoms with Gasteiger partial charge < -0.3 is 9.26 Å². The molecular weight excluding hydrogens is 468 g/mol. The normalized spacial score (nSPS) is 19.9. The van der Waals surface area contributed by atoms with E-state index in [1.807, 2.05) is 24.3 Å². The molecule has 0 unspecified atom stereocenters. The van der Waals surface area contributed by atoms with Gasteiger partial charge in [0.1, 0.15) is 12.3 Å². The molecule has 156 valence electrons. The monoisotopic (exact) mass is 482 g/mol. The number of methoxy groups -OCH3 is 1. The molecule has 2 amide bonds. The van der Waals surface area contributed by atoms with Crippen molar-refractivity contribution in [3.8, 4) is 17.1 Å². The van der Waals surface area contributed by atoms with Crippen molar-refractivity contribution in [2.24, 2.45) is 10.3 Å². The lowest BCUT2D eigenvalue weighted by Gasteiger charge is -2.19. The van der Waals surface area contributed by atoms with Crippen LogP contribution in [0.5, 0.6) is 5.75 Å². The lowest BCUT2D eigenvalue weighted by atomic mass is 10.1. The van der Waals surface area contributed by atoms with E-state index in [4.69, 9.17) is 9.26 Å². The minimum Gasteiger partial charge on any atom is -0.497 e. The van der Waals surface area contributed by atoms with Crippen LogP contribution in [0.15, 0.2) is 67.9 Å². The molecule has 1 aromatic heterocycles. The van der Waals surface area contributed by atoms with Gasteiger partial charge in [-0.2, -0.15) is 10.1 Å². The zero-order valence-corrected chi connectivity index (χ0v) is 17.8. The largest absolute Gasteiger partial charge is 0.497 e. The first kappa shape index (κ1) is 19.4. The maximum atomic E-state index is 13.1. The van der Waals surface area contributed by atoms with Crippen molar-refractivity contribution in [1.29, 1.82) is 0 Å². The summed E-state index contributed by atoms with van der Waals surface area (Å²) < 4.78 is 11.4. The highest BCUT2D eigenvalue weighted by Crippen LogP contribution is 2.33. The fourth-order valence-electron chi connectivity index (χ4n) is 3.51. The van der Waals surface area contributed by atoms with Gasteiger partial charge in [0.2, 0.25) is 11.7 Å². The predicted octanol–water partition coefficient (Wildman–Crippen LogP) is 3.00. The number of hydrogen-bond acceptors (Lipinski definition) is 9. The lowest BCUT2D eigenvalue weighted by Crippen LogP contribution is -2.39. The van der Waals surface area contributed by atoms with E-state index in [1.165, 1.54) is 5.01 Å². The van der Waals surface area contributed by atoms with Crippen LogP contribution in [0.2, 0.25) is 0 Å². The van der Waals surface area contributed by atoms with Gasteiger partial charge in [0.05, 0.1) is 12.8 Å². The van der Waals surface area contributed by atoms with Gasteiger partial charge in [-0.3, -0.25) is 14.6 Å². The van der Waals surface area contributed by atoms with Crippen LogP contribution >= 0.6 is 15.9 Å². The second-order valence-corrected chi connectivity index (χ2v) is 7.84. The van der Waals surface area contributed by atoms with Crippen LogP contribution in [0.3, 0.4) is 0 Å². The van der Waals surface area contributed by atoms with E-state index in [2.05, 4.69) is 36.4 Å². The molecular formula is C20H15BrN6O4. The summed E-state index contributed by atoms with van der Waals surface area (Å²) >= 11 is 3.38. The van der Waals surface area contributed by atoms with E-state index in [1.54, 1.807) is 31.4 Å². The first-order valence-corrected chi connectivity index (χ1v) is 10.1. The number of fused-ring (bicyclic) bond motifs is 1. The summed E-state index contributed by atoms with van der Waals surface area (Å²) in [7, 11) is 1.55. The van der Waals surface area contributed by atoms with Gasteiger partial charge in [0, 0.05) is 10.0 Å². The highest BCUT2D eigenvalue weighted by Gasteiger charge is 2.55. The Balaban J connectivity index is 1.34. The van der Waals surface area contributed by atoms with Gasteiger partial charge in [0.15, 0.2) is 12.1 Å². The number of anilines is 1. The number of aromatic nitrogens is 2. The third-order valence-corrected chi connectivity index (χ3v) is 5.58. The fourth-order valence-corrected chi connectivity index (χ4v) is 3.78. The van der Waals surface area contributed by atoms with E-state index < -0.39 is 23.9 Å². The lowest BCUT2D eigenvalue weighted by molar-refractivity contribution is -0.123. The van der Waals surface area contributed by atoms with Crippen molar-refractivity contribution < 1.29 is 18.8 Å². The highest BCUT2D eigenvalue weighted by atomic mass is 79.9. The van der Waals surface area contributed by atoms with Gasteiger partial charge >= 0.3 is 0 Å². The number of hydrogen-bond donors (Lipinski definition) is 0. The summed E-state index contributed by atoms with van der Waals surface area (Å²) in [4.78, 5) is 31.4. The van der Waals surface area contributed by atoms with Crippen LogP contribution in [0, 0.1) is 0 Å². The second-order valence-electron chi connectivity index (χ2n) is 6.92. The van der Waals surface area contributed by atoms with Gasteiger partial charge in [0.25, 0.3) is 11.8 Å². The minimum absolute atomic E-state index is 0.0592. The number of ether oxygens (including phenoxy) is 1. The van der Waals surface area contributed by atoms with Crippen molar-refractivity contribution in [2.75, 3.05) is 12.0 Å². The number of rotatable bonds is 5.